The van der Waals surface area contributed by atoms with Gasteiger partial charge in [0.15, 0.2) is 0 Å². The third kappa shape index (κ3) is 2.80. The van der Waals surface area contributed by atoms with Crippen molar-refractivity contribution in [2.45, 2.75) is 19.5 Å². The molecule has 3 rings (SSSR count). The smallest absolute Gasteiger partial charge is 0.340 e. The van der Waals surface area contributed by atoms with Gasteiger partial charge in [-0.15, -0.1) is 11.3 Å². The van der Waals surface area contributed by atoms with E-state index in [1.807, 2.05) is 23.5 Å². The second-order valence-electron chi connectivity index (χ2n) is 5.20. The Morgan fingerprint density at radius 1 is 1.43 bits per heavy atom. The van der Waals surface area contributed by atoms with Crippen molar-refractivity contribution in [3.63, 3.8) is 0 Å². The molecule has 0 radical (unpaired) electrons. The van der Waals surface area contributed by atoms with Gasteiger partial charge in [-0.3, -0.25) is 4.90 Å². The maximum Gasteiger partial charge on any atom is 0.340 e. The molecule has 2 aromatic rings. The number of methoxy groups -OCH3 is 1. The summed E-state index contributed by atoms with van der Waals surface area (Å²) in [4.78, 5) is 15.8. The maximum atomic E-state index is 11.9. The van der Waals surface area contributed by atoms with E-state index in [9.17, 15) is 4.79 Å². The number of nitrogens with two attached hydrogens (primary N) is 1. The number of ether oxygens (including phenoxy) is 1. The van der Waals surface area contributed by atoms with E-state index in [0.29, 0.717) is 17.8 Å². The van der Waals surface area contributed by atoms with Gasteiger partial charge >= 0.3 is 5.97 Å². The van der Waals surface area contributed by atoms with Crippen LogP contribution in [-0.4, -0.2) is 24.5 Å². The molecule has 2 N–H and O–H groups in total. The van der Waals surface area contributed by atoms with Crippen LogP contribution in [0.5, 0.6) is 0 Å². The Morgan fingerprint density at radius 2 is 2.29 bits per heavy atom. The van der Waals surface area contributed by atoms with Crippen molar-refractivity contribution in [2.75, 3.05) is 19.4 Å². The number of nitrogens with zero attached hydrogens (tertiary/aromatic N) is 1. The molecule has 4 nitrogen and oxygen atoms in total. The van der Waals surface area contributed by atoms with Crippen molar-refractivity contribution < 1.29 is 9.53 Å². The number of hydrogen-bond donors (Lipinski definition) is 1. The van der Waals surface area contributed by atoms with E-state index in [-0.39, 0.29) is 5.97 Å². The molecule has 0 fully saturated rings. The molecule has 0 amide bonds. The minimum Gasteiger partial charge on any atom is -0.465 e. The van der Waals surface area contributed by atoms with Crippen molar-refractivity contribution in [3.05, 3.63) is 51.2 Å². The van der Waals surface area contributed by atoms with Gasteiger partial charge in [0.2, 0.25) is 0 Å². The Morgan fingerprint density at radius 3 is 3.10 bits per heavy atom. The molecule has 0 bridgehead atoms. The van der Waals surface area contributed by atoms with E-state index in [4.69, 9.17) is 10.5 Å². The van der Waals surface area contributed by atoms with Crippen LogP contribution in [0.3, 0.4) is 0 Å². The third-order valence-electron chi connectivity index (χ3n) is 3.85. The predicted octanol–water partition coefficient (Wildman–Crippen LogP) is 2.68. The van der Waals surface area contributed by atoms with E-state index in [1.165, 1.54) is 17.6 Å². The lowest BCUT2D eigenvalue weighted by molar-refractivity contribution is 0.0599. The summed E-state index contributed by atoms with van der Waals surface area (Å²) in [6.45, 7) is 2.64. The van der Waals surface area contributed by atoms with Gasteiger partial charge in [-0.2, -0.15) is 0 Å². The van der Waals surface area contributed by atoms with Crippen LogP contribution in [0.4, 0.5) is 5.69 Å². The number of carbonyl (C=O) groups is 1. The lowest BCUT2D eigenvalue weighted by atomic mass is 10.0. The first-order chi connectivity index (χ1) is 10.2. The van der Waals surface area contributed by atoms with Gasteiger partial charge in [-0.05, 0) is 35.1 Å². The van der Waals surface area contributed by atoms with E-state index in [1.54, 1.807) is 6.07 Å². The van der Waals surface area contributed by atoms with Crippen LogP contribution in [0.25, 0.3) is 0 Å². The van der Waals surface area contributed by atoms with E-state index >= 15 is 0 Å². The van der Waals surface area contributed by atoms with E-state index < -0.39 is 0 Å². The summed E-state index contributed by atoms with van der Waals surface area (Å²) in [5.74, 6) is -0.365. The summed E-state index contributed by atoms with van der Waals surface area (Å²) >= 11 is 1.83. The monoisotopic (exact) mass is 302 g/mol. The maximum absolute atomic E-state index is 11.9. The number of hydrogen-bond acceptors (Lipinski definition) is 5. The molecule has 1 aromatic heterocycles. The zero-order valence-electron chi connectivity index (χ0n) is 12.0. The number of carbonyl (C=O) groups excluding carboxylic acids is 1. The van der Waals surface area contributed by atoms with Crippen LogP contribution in [0, 0.1) is 0 Å². The van der Waals surface area contributed by atoms with Gasteiger partial charge in [-0.25, -0.2) is 4.79 Å². The molecular formula is C16H18N2O2S. The zero-order chi connectivity index (χ0) is 14.8. The van der Waals surface area contributed by atoms with Gasteiger partial charge < -0.3 is 10.5 Å². The Hall–Kier alpha value is -1.85. The summed E-state index contributed by atoms with van der Waals surface area (Å²) in [5, 5.41) is 2.15. The standard InChI is InChI=1S/C16H18N2O2S/c1-20-16(19)15-12(3-2-4-13(15)17)10-18-7-5-14-11(9-18)6-8-21-14/h2-4,6,8H,5,7,9-10,17H2,1H3. The zero-order valence-corrected chi connectivity index (χ0v) is 12.8. The lowest BCUT2D eigenvalue weighted by Gasteiger charge is -2.27. The third-order valence-corrected chi connectivity index (χ3v) is 4.88. The minimum atomic E-state index is -0.365. The summed E-state index contributed by atoms with van der Waals surface area (Å²) < 4.78 is 4.85. The van der Waals surface area contributed by atoms with Crippen LogP contribution < -0.4 is 5.73 Å². The molecule has 1 aliphatic rings. The highest BCUT2D eigenvalue weighted by Crippen LogP contribution is 2.26. The SMILES string of the molecule is COC(=O)c1c(N)cccc1CN1CCc2sccc2C1. The second kappa shape index (κ2) is 5.87. The summed E-state index contributed by atoms with van der Waals surface area (Å²) in [7, 11) is 1.39. The highest BCUT2D eigenvalue weighted by molar-refractivity contribution is 7.10. The van der Waals surface area contributed by atoms with Gasteiger partial charge in [0.25, 0.3) is 0 Å². The fourth-order valence-corrected chi connectivity index (χ4v) is 3.68. The van der Waals surface area contributed by atoms with Crippen molar-refractivity contribution in [1.29, 1.82) is 0 Å². The first kappa shape index (κ1) is 14.1. The molecule has 5 heteroatoms. The molecular weight excluding hydrogens is 284 g/mol. The number of rotatable bonds is 3. The average Bonchev–Trinajstić information content (AvgIpc) is 2.94. The first-order valence-electron chi connectivity index (χ1n) is 6.92. The van der Waals surface area contributed by atoms with Crippen molar-refractivity contribution >= 4 is 23.0 Å². The van der Waals surface area contributed by atoms with Crippen LogP contribution in [0.15, 0.2) is 29.6 Å². The Bertz CT molecular complexity index is 666. The second-order valence-corrected chi connectivity index (χ2v) is 6.20. The highest BCUT2D eigenvalue weighted by atomic mass is 32.1. The van der Waals surface area contributed by atoms with Gasteiger partial charge in [0.05, 0.1) is 12.7 Å². The summed E-state index contributed by atoms with van der Waals surface area (Å²) in [5.41, 5.74) is 9.25. The van der Waals surface area contributed by atoms with E-state index in [0.717, 1.165) is 25.1 Å². The Kier molecular flexibility index (Phi) is 3.94. The molecule has 0 aliphatic carbocycles. The normalized spacial score (nSPS) is 14.7. The molecule has 110 valence electrons. The average molecular weight is 302 g/mol. The Labute approximate surface area is 128 Å². The molecule has 0 spiro atoms. The summed E-state index contributed by atoms with van der Waals surface area (Å²) in [6, 6.07) is 7.76. The van der Waals surface area contributed by atoms with Crippen molar-refractivity contribution in [2.24, 2.45) is 0 Å². The first-order valence-corrected chi connectivity index (χ1v) is 7.80. The molecule has 2 heterocycles. The molecule has 0 saturated heterocycles. The minimum absolute atomic E-state index is 0.365. The number of benzene rings is 1. The largest absolute Gasteiger partial charge is 0.465 e. The molecule has 1 aliphatic heterocycles. The fraction of sp³-hybridized carbons (Fsp3) is 0.312. The number of thiophene rings is 1. The van der Waals surface area contributed by atoms with Crippen LogP contribution in [-0.2, 0) is 24.2 Å². The van der Waals surface area contributed by atoms with Crippen LogP contribution in [0.2, 0.25) is 0 Å². The molecule has 0 atom stereocenters. The van der Waals surface area contributed by atoms with Crippen LogP contribution in [0.1, 0.15) is 26.4 Å². The van der Waals surface area contributed by atoms with Gasteiger partial charge in [0, 0.05) is 30.2 Å². The van der Waals surface area contributed by atoms with Gasteiger partial charge in [0.1, 0.15) is 0 Å². The predicted molar refractivity (Wildman–Crippen MR) is 84.3 cm³/mol. The fourth-order valence-electron chi connectivity index (χ4n) is 2.79. The number of anilines is 1. The quantitative estimate of drug-likeness (QED) is 0.699. The number of nitrogen functional groups attached to an aromatic ring is 1. The van der Waals surface area contributed by atoms with Crippen LogP contribution >= 0.6 is 11.3 Å². The number of fused-ring (bicyclic) bond motifs is 1. The molecule has 0 unspecified atom stereocenters. The van der Waals surface area contributed by atoms with E-state index in [2.05, 4.69) is 16.3 Å². The topological polar surface area (TPSA) is 55.6 Å². The van der Waals surface area contributed by atoms with Crippen molar-refractivity contribution in [1.82, 2.24) is 4.90 Å². The highest BCUT2D eigenvalue weighted by Gasteiger charge is 2.21. The number of esters is 1. The lowest BCUT2D eigenvalue weighted by Crippen LogP contribution is -2.30. The summed E-state index contributed by atoms with van der Waals surface area (Å²) in [6.07, 6.45) is 1.07. The van der Waals surface area contributed by atoms with Gasteiger partial charge in [-0.1, -0.05) is 12.1 Å². The van der Waals surface area contributed by atoms with Crippen molar-refractivity contribution in [3.8, 4) is 0 Å². The molecule has 0 saturated carbocycles. The molecule has 21 heavy (non-hydrogen) atoms. The molecule has 1 aromatic carbocycles. The Balaban J connectivity index is 1.83.